The van der Waals surface area contributed by atoms with Crippen molar-refractivity contribution in [1.29, 1.82) is 0 Å². The molecule has 132 valence electrons. The first-order valence-corrected chi connectivity index (χ1v) is 9.30. The number of nitrogens with zero attached hydrogens (tertiary/aromatic N) is 2. The molecule has 5 nitrogen and oxygen atoms in total. The number of ether oxygens (including phenoxy) is 1. The number of thiophene rings is 1. The lowest BCUT2D eigenvalue weighted by molar-refractivity contribution is 0.0953. The molecule has 1 aromatic heterocycles. The fourth-order valence-electron chi connectivity index (χ4n) is 3.21. The molecule has 1 aromatic carbocycles. The minimum atomic E-state index is -0.291. The molecular formula is C19H22N2O3S. The number of piperidine rings is 1. The lowest BCUT2D eigenvalue weighted by atomic mass is 9.97. The first-order chi connectivity index (χ1) is 12.2. The monoisotopic (exact) mass is 358 g/mol. The van der Waals surface area contributed by atoms with Gasteiger partial charge in [-0.25, -0.2) is 4.79 Å². The summed E-state index contributed by atoms with van der Waals surface area (Å²) in [6.45, 7) is 1.93. The Bertz CT molecular complexity index is 703. The number of hydrogen-bond donors (Lipinski definition) is 0. The van der Waals surface area contributed by atoms with Gasteiger partial charge in [0.2, 0.25) is 0 Å². The van der Waals surface area contributed by atoms with Crippen molar-refractivity contribution < 1.29 is 14.3 Å². The maximum atomic E-state index is 13.0. The molecule has 3 rings (SSSR count). The number of hydrogen-bond acceptors (Lipinski definition) is 4. The highest BCUT2D eigenvalue weighted by atomic mass is 32.1. The van der Waals surface area contributed by atoms with E-state index in [0.29, 0.717) is 19.6 Å². The number of likely N-dealkylation sites (tertiary alicyclic amines) is 1. The molecule has 0 N–H and O–H groups in total. The highest BCUT2D eigenvalue weighted by molar-refractivity contribution is 7.12. The van der Waals surface area contributed by atoms with Gasteiger partial charge in [-0.15, -0.1) is 11.3 Å². The van der Waals surface area contributed by atoms with E-state index in [-0.39, 0.29) is 17.9 Å². The van der Waals surface area contributed by atoms with Crippen LogP contribution in [0.5, 0.6) is 0 Å². The number of carbonyl (C=O) groups is 2. The summed E-state index contributed by atoms with van der Waals surface area (Å²) in [5.41, 5.74) is 0.885. The maximum Gasteiger partial charge on any atom is 0.409 e. The number of carbonyl (C=O) groups excluding carboxylic acids is 2. The van der Waals surface area contributed by atoms with Crippen molar-refractivity contribution in [1.82, 2.24) is 4.90 Å². The van der Waals surface area contributed by atoms with E-state index in [9.17, 15) is 9.59 Å². The Labute approximate surface area is 151 Å². The number of methoxy groups -OCH3 is 1. The standard InChI is InChI=1S/C19H22N2O3S/c1-24-19(23)20-11-5-7-15(13-20)14-21(16-8-3-2-4-9-16)18(22)17-10-6-12-25-17/h2-4,6,8-10,12,15H,5,7,11,13-14H2,1H3. The molecule has 1 saturated heterocycles. The third-order valence-electron chi connectivity index (χ3n) is 4.44. The molecule has 1 atom stereocenters. The predicted molar refractivity (Wildman–Crippen MR) is 99.1 cm³/mol. The van der Waals surface area contributed by atoms with Crippen LogP contribution in [0.2, 0.25) is 0 Å². The van der Waals surface area contributed by atoms with Crippen LogP contribution in [0.1, 0.15) is 22.5 Å². The zero-order chi connectivity index (χ0) is 17.6. The normalized spacial score (nSPS) is 17.2. The van der Waals surface area contributed by atoms with Crippen molar-refractivity contribution in [2.24, 2.45) is 5.92 Å². The summed E-state index contributed by atoms with van der Waals surface area (Å²) in [5, 5.41) is 1.91. The minimum absolute atomic E-state index is 0.0105. The first-order valence-electron chi connectivity index (χ1n) is 8.42. The third-order valence-corrected chi connectivity index (χ3v) is 5.30. The molecule has 0 radical (unpaired) electrons. The molecule has 0 aliphatic carbocycles. The topological polar surface area (TPSA) is 49.9 Å². The largest absolute Gasteiger partial charge is 0.453 e. The maximum absolute atomic E-state index is 13.0. The Hall–Kier alpha value is -2.34. The predicted octanol–water partition coefficient (Wildman–Crippen LogP) is 3.87. The fraction of sp³-hybridized carbons (Fsp3) is 0.368. The summed E-state index contributed by atoms with van der Waals surface area (Å²) in [6.07, 6.45) is 1.63. The van der Waals surface area contributed by atoms with Crippen LogP contribution in [0.3, 0.4) is 0 Å². The van der Waals surface area contributed by atoms with Crippen molar-refractivity contribution in [3.8, 4) is 0 Å². The van der Waals surface area contributed by atoms with E-state index >= 15 is 0 Å². The first kappa shape index (κ1) is 17.5. The van der Waals surface area contributed by atoms with Crippen LogP contribution >= 0.6 is 11.3 Å². The van der Waals surface area contributed by atoms with Gasteiger partial charge < -0.3 is 14.5 Å². The molecule has 2 aromatic rings. The molecule has 0 spiro atoms. The molecule has 0 saturated carbocycles. The van der Waals surface area contributed by atoms with Gasteiger partial charge in [-0.05, 0) is 42.3 Å². The highest BCUT2D eigenvalue weighted by Crippen LogP contribution is 2.24. The minimum Gasteiger partial charge on any atom is -0.453 e. The number of para-hydroxylation sites is 1. The quantitative estimate of drug-likeness (QED) is 0.833. The van der Waals surface area contributed by atoms with Crippen molar-refractivity contribution in [3.63, 3.8) is 0 Å². The van der Waals surface area contributed by atoms with Crippen LogP contribution in [-0.2, 0) is 4.74 Å². The molecule has 0 bridgehead atoms. The van der Waals surface area contributed by atoms with Gasteiger partial charge in [0.15, 0.2) is 0 Å². The second-order valence-corrected chi connectivity index (χ2v) is 7.10. The van der Waals surface area contributed by atoms with Gasteiger partial charge in [0.1, 0.15) is 0 Å². The summed E-state index contributed by atoms with van der Waals surface area (Å²) in [6, 6.07) is 13.5. The SMILES string of the molecule is COC(=O)N1CCCC(CN(C(=O)c2cccs2)c2ccccc2)C1. The molecule has 2 amide bonds. The zero-order valence-electron chi connectivity index (χ0n) is 14.3. The Morgan fingerprint density at radius 2 is 2.04 bits per heavy atom. The Kier molecular flexibility index (Phi) is 5.71. The van der Waals surface area contributed by atoms with E-state index in [1.165, 1.54) is 18.4 Å². The summed E-state index contributed by atoms with van der Waals surface area (Å²) in [4.78, 5) is 29.1. The second kappa shape index (κ2) is 8.16. The average molecular weight is 358 g/mol. The van der Waals surface area contributed by atoms with Crippen LogP contribution in [0.25, 0.3) is 0 Å². The molecule has 1 unspecified atom stereocenters. The number of amides is 2. The number of anilines is 1. The average Bonchev–Trinajstić information content (AvgIpc) is 3.20. The van der Waals surface area contributed by atoms with E-state index in [1.807, 2.05) is 52.7 Å². The summed E-state index contributed by atoms with van der Waals surface area (Å²) in [5.74, 6) is 0.244. The molecule has 25 heavy (non-hydrogen) atoms. The smallest absolute Gasteiger partial charge is 0.409 e. The second-order valence-electron chi connectivity index (χ2n) is 6.15. The van der Waals surface area contributed by atoms with Gasteiger partial charge in [-0.3, -0.25) is 4.79 Å². The van der Waals surface area contributed by atoms with Gasteiger partial charge in [0, 0.05) is 25.3 Å². The molecule has 6 heteroatoms. The summed E-state index contributed by atoms with van der Waals surface area (Å²) >= 11 is 1.45. The Morgan fingerprint density at radius 1 is 1.24 bits per heavy atom. The van der Waals surface area contributed by atoms with Gasteiger partial charge >= 0.3 is 6.09 Å². The Morgan fingerprint density at radius 3 is 2.72 bits per heavy atom. The van der Waals surface area contributed by atoms with E-state index in [4.69, 9.17) is 4.74 Å². The third kappa shape index (κ3) is 4.20. The molecule has 1 fully saturated rings. The van der Waals surface area contributed by atoms with Crippen molar-refractivity contribution in [3.05, 3.63) is 52.7 Å². The number of rotatable bonds is 4. The molecule has 2 heterocycles. The summed E-state index contributed by atoms with van der Waals surface area (Å²) < 4.78 is 4.84. The lowest BCUT2D eigenvalue weighted by Crippen LogP contribution is -2.45. The van der Waals surface area contributed by atoms with Gasteiger partial charge in [0.05, 0.1) is 12.0 Å². The molecule has 1 aliphatic rings. The molecular weight excluding hydrogens is 336 g/mol. The van der Waals surface area contributed by atoms with Gasteiger partial charge in [-0.1, -0.05) is 24.3 Å². The van der Waals surface area contributed by atoms with E-state index in [1.54, 1.807) is 4.90 Å². The van der Waals surface area contributed by atoms with Gasteiger partial charge in [-0.2, -0.15) is 0 Å². The van der Waals surface area contributed by atoms with Crippen LogP contribution in [-0.4, -0.2) is 43.6 Å². The number of benzene rings is 1. The van der Waals surface area contributed by atoms with Crippen LogP contribution in [0.15, 0.2) is 47.8 Å². The summed E-state index contributed by atoms with van der Waals surface area (Å²) in [7, 11) is 1.41. The lowest BCUT2D eigenvalue weighted by Gasteiger charge is -2.35. The van der Waals surface area contributed by atoms with Crippen molar-refractivity contribution in [2.45, 2.75) is 12.8 Å². The van der Waals surface area contributed by atoms with E-state index < -0.39 is 0 Å². The Balaban J connectivity index is 1.78. The molecule has 1 aliphatic heterocycles. The van der Waals surface area contributed by atoms with Crippen molar-refractivity contribution >= 4 is 29.0 Å². The fourth-order valence-corrected chi connectivity index (χ4v) is 3.89. The van der Waals surface area contributed by atoms with Gasteiger partial charge in [0.25, 0.3) is 5.91 Å². The van der Waals surface area contributed by atoms with Crippen LogP contribution < -0.4 is 4.90 Å². The highest BCUT2D eigenvalue weighted by Gasteiger charge is 2.28. The van der Waals surface area contributed by atoms with E-state index in [0.717, 1.165) is 23.4 Å². The van der Waals surface area contributed by atoms with Crippen molar-refractivity contribution in [2.75, 3.05) is 31.6 Å². The zero-order valence-corrected chi connectivity index (χ0v) is 15.1. The van der Waals surface area contributed by atoms with Crippen LogP contribution in [0.4, 0.5) is 10.5 Å². The van der Waals surface area contributed by atoms with E-state index in [2.05, 4.69) is 0 Å². The van der Waals surface area contributed by atoms with Crippen LogP contribution in [0, 0.1) is 5.92 Å².